The Bertz CT molecular complexity index is 445. The van der Waals surface area contributed by atoms with Gasteiger partial charge >= 0.3 is 0 Å². The molecule has 0 spiro atoms. The third-order valence-corrected chi connectivity index (χ3v) is 4.50. The van der Waals surface area contributed by atoms with E-state index in [1.54, 1.807) is 0 Å². The second kappa shape index (κ2) is 7.43. The molecule has 1 unspecified atom stereocenters. The molecule has 20 heavy (non-hydrogen) atoms. The highest BCUT2D eigenvalue weighted by atomic mass is 32.1. The summed E-state index contributed by atoms with van der Waals surface area (Å²) in [6.07, 6.45) is 3.87. The highest BCUT2D eigenvalue weighted by molar-refractivity contribution is 7.12. The number of unbranched alkanes of at least 4 members (excludes halogenated alkanes) is 1. The summed E-state index contributed by atoms with van der Waals surface area (Å²) in [4.78, 5) is 27.0. The standard InChI is InChI=1S/C15H22N2O2S/c1-2-3-8-16-14(18)12-6-4-9-17(11-12)15(19)13-7-5-10-20-13/h5,7,10,12H,2-4,6,8-9,11H2,1H3,(H,16,18). The minimum Gasteiger partial charge on any atom is -0.356 e. The van der Waals surface area contributed by atoms with Crippen LogP contribution in [0.1, 0.15) is 42.3 Å². The molecule has 0 bridgehead atoms. The lowest BCUT2D eigenvalue weighted by atomic mass is 9.97. The molecule has 1 aromatic heterocycles. The second-order valence-electron chi connectivity index (χ2n) is 5.21. The zero-order chi connectivity index (χ0) is 14.4. The fourth-order valence-corrected chi connectivity index (χ4v) is 3.16. The van der Waals surface area contributed by atoms with Crippen LogP contribution in [0.5, 0.6) is 0 Å². The van der Waals surface area contributed by atoms with Crippen LogP contribution in [0.4, 0.5) is 0 Å². The van der Waals surface area contributed by atoms with Gasteiger partial charge in [0.25, 0.3) is 5.91 Å². The molecule has 1 aromatic rings. The molecule has 1 saturated heterocycles. The van der Waals surface area contributed by atoms with Gasteiger partial charge in [0.2, 0.25) is 5.91 Å². The van der Waals surface area contributed by atoms with E-state index in [0.717, 1.165) is 43.6 Å². The summed E-state index contributed by atoms with van der Waals surface area (Å²) in [6, 6.07) is 3.73. The summed E-state index contributed by atoms with van der Waals surface area (Å²) in [5.74, 6) is 0.109. The number of amides is 2. The highest BCUT2D eigenvalue weighted by Crippen LogP contribution is 2.20. The number of hydrogen-bond donors (Lipinski definition) is 1. The first kappa shape index (κ1) is 15.0. The Morgan fingerprint density at radius 3 is 3.05 bits per heavy atom. The van der Waals surface area contributed by atoms with E-state index in [1.807, 2.05) is 22.4 Å². The zero-order valence-corrected chi connectivity index (χ0v) is 12.7. The molecule has 1 fully saturated rings. The second-order valence-corrected chi connectivity index (χ2v) is 6.16. The van der Waals surface area contributed by atoms with Crippen LogP contribution in [0, 0.1) is 5.92 Å². The van der Waals surface area contributed by atoms with Crippen molar-refractivity contribution in [2.75, 3.05) is 19.6 Å². The quantitative estimate of drug-likeness (QED) is 0.848. The van der Waals surface area contributed by atoms with Crippen LogP contribution in [0.3, 0.4) is 0 Å². The molecule has 0 aromatic carbocycles. The summed E-state index contributed by atoms with van der Waals surface area (Å²) < 4.78 is 0. The zero-order valence-electron chi connectivity index (χ0n) is 11.9. The number of thiophene rings is 1. The predicted octanol–water partition coefficient (Wildman–Crippen LogP) is 2.52. The number of hydrogen-bond acceptors (Lipinski definition) is 3. The van der Waals surface area contributed by atoms with Crippen molar-refractivity contribution in [1.29, 1.82) is 0 Å². The van der Waals surface area contributed by atoms with Crippen molar-refractivity contribution in [2.24, 2.45) is 5.92 Å². The number of carbonyl (C=O) groups excluding carboxylic acids is 2. The summed E-state index contributed by atoms with van der Waals surface area (Å²) in [5.41, 5.74) is 0. The van der Waals surface area contributed by atoms with E-state index >= 15 is 0 Å². The van der Waals surface area contributed by atoms with Crippen LogP contribution >= 0.6 is 11.3 Å². The predicted molar refractivity (Wildman–Crippen MR) is 80.9 cm³/mol. The van der Waals surface area contributed by atoms with E-state index in [0.29, 0.717) is 6.54 Å². The number of carbonyl (C=O) groups is 2. The number of rotatable bonds is 5. The largest absolute Gasteiger partial charge is 0.356 e. The van der Waals surface area contributed by atoms with Crippen LogP contribution in [-0.4, -0.2) is 36.3 Å². The molecule has 2 rings (SSSR count). The topological polar surface area (TPSA) is 49.4 Å². The van der Waals surface area contributed by atoms with Gasteiger partial charge in [-0.15, -0.1) is 11.3 Å². The Morgan fingerprint density at radius 1 is 1.50 bits per heavy atom. The Labute approximate surface area is 124 Å². The Hall–Kier alpha value is -1.36. The van der Waals surface area contributed by atoms with Gasteiger partial charge < -0.3 is 10.2 Å². The van der Waals surface area contributed by atoms with E-state index < -0.39 is 0 Å². The summed E-state index contributed by atoms with van der Waals surface area (Å²) in [6.45, 7) is 4.16. The van der Waals surface area contributed by atoms with E-state index in [1.165, 1.54) is 11.3 Å². The number of nitrogens with zero attached hydrogens (tertiary/aromatic N) is 1. The fourth-order valence-electron chi connectivity index (χ4n) is 2.46. The number of nitrogens with one attached hydrogen (secondary N) is 1. The minimum absolute atomic E-state index is 0.0514. The monoisotopic (exact) mass is 294 g/mol. The summed E-state index contributed by atoms with van der Waals surface area (Å²) in [7, 11) is 0. The van der Waals surface area contributed by atoms with Crippen LogP contribution in [-0.2, 0) is 4.79 Å². The molecular weight excluding hydrogens is 272 g/mol. The molecule has 1 atom stereocenters. The maximum Gasteiger partial charge on any atom is 0.263 e. The van der Waals surface area contributed by atoms with Crippen molar-refractivity contribution in [2.45, 2.75) is 32.6 Å². The lowest BCUT2D eigenvalue weighted by Gasteiger charge is -2.31. The number of likely N-dealkylation sites (tertiary alicyclic amines) is 1. The number of piperidine rings is 1. The molecule has 0 aliphatic carbocycles. The highest BCUT2D eigenvalue weighted by Gasteiger charge is 2.28. The molecule has 110 valence electrons. The van der Waals surface area contributed by atoms with Crippen LogP contribution in [0.15, 0.2) is 17.5 Å². The first-order chi connectivity index (χ1) is 9.72. The third kappa shape index (κ3) is 3.82. The molecule has 4 nitrogen and oxygen atoms in total. The van der Waals surface area contributed by atoms with Gasteiger partial charge in [0.15, 0.2) is 0 Å². The van der Waals surface area contributed by atoms with Crippen LogP contribution < -0.4 is 5.32 Å². The molecule has 0 saturated carbocycles. The average Bonchev–Trinajstić information content (AvgIpc) is 3.01. The summed E-state index contributed by atoms with van der Waals surface area (Å²) in [5, 5.41) is 4.88. The molecule has 1 aliphatic heterocycles. The molecule has 1 aliphatic rings. The van der Waals surface area contributed by atoms with Gasteiger partial charge in [0.05, 0.1) is 10.8 Å². The van der Waals surface area contributed by atoms with E-state index in [4.69, 9.17) is 0 Å². The van der Waals surface area contributed by atoms with E-state index in [9.17, 15) is 9.59 Å². The van der Waals surface area contributed by atoms with Crippen LogP contribution in [0.25, 0.3) is 0 Å². The van der Waals surface area contributed by atoms with Gasteiger partial charge in [-0.3, -0.25) is 9.59 Å². The van der Waals surface area contributed by atoms with Crippen LogP contribution in [0.2, 0.25) is 0 Å². The minimum atomic E-state index is -0.0514. The lowest BCUT2D eigenvalue weighted by Crippen LogP contribution is -2.45. The first-order valence-corrected chi connectivity index (χ1v) is 8.20. The Morgan fingerprint density at radius 2 is 2.35 bits per heavy atom. The SMILES string of the molecule is CCCCNC(=O)C1CCCN(C(=O)c2cccs2)C1. The van der Waals surface area contributed by atoms with E-state index in [2.05, 4.69) is 12.2 Å². The molecule has 0 radical (unpaired) electrons. The maximum absolute atomic E-state index is 12.3. The van der Waals surface area contributed by atoms with Crippen molar-refractivity contribution < 1.29 is 9.59 Å². The lowest BCUT2D eigenvalue weighted by molar-refractivity contribution is -0.126. The Kier molecular flexibility index (Phi) is 5.59. The Balaban J connectivity index is 1.88. The molecular formula is C15H22N2O2S. The molecule has 2 heterocycles. The molecule has 2 amide bonds. The van der Waals surface area contributed by atoms with E-state index in [-0.39, 0.29) is 17.7 Å². The third-order valence-electron chi connectivity index (χ3n) is 3.64. The first-order valence-electron chi connectivity index (χ1n) is 7.33. The van der Waals surface area contributed by atoms with Gasteiger partial charge in [0, 0.05) is 19.6 Å². The van der Waals surface area contributed by atoms with Crippen molar-refractivity contribution in [1.82, 2.24) is 10.2 Å². The maximum atomic E-state index is 12.3. The van der Waals surface area contributed by atoms with Gasteiger partial charge in [-0.25, -0.2) is 0 Å². The fraction of sp³-hybridized carbons (Fsp3) is 0.600. The smallest absolute Gasteiger partial charge is 0.263 e. The van der Waals surface area contributed by atoms with Crippen molar-refractivity contribution in [3.63, 3.8) is 0 Å². The van der Waals surface area contributed by atoms with Gasteiger partial charge in [-0.1, -0.05) is 19.4 Å². The molecule has 5 heteroatoms. The van der Waals surface area contributed by atoms with Gasteiger partial charge in [-0.2, -0.15) is 0 Å². The van der Waals surface area contributed by atoms with Crippen molar-refractivity contribution in [3.05, 3.63) is 22.4 Å². The van der Waals surface area contributed by atoms with Gasteiger partial charge in [0.1, 0.15) is 0 Å². The molecule has 1 N–H and O–H groups in total. The average molecular weight is 294 g/mol. The normalized spacial score (nSPS) is 18.9. The van der Waals surface area contributed by atoms with Crippen molar-refractivity contribution >= 4 is 23.2 Å². The summed E-state index contributed by atoms with van der Waals surface area (Å²) >= 11 is 1.46. The van der Waals surface area contributed by atoms with Crippen molar-refractivity contribution in [3.8, 4) is 0 Å². The van der Waals surface area contributed by atoms with Gasteiger partial charge in [-0.05, 0) is 30.7 Å².